The van der Waals surface area contributed by atoms with Gasteiger partial charge in [0.05, 0.1) is 6.04 Å². The molecule has 1 rings (SSSR count). The van der Waals surface area contributed by atoms with Crippen LogP contribution in [0.1, 0.15) is 39.0 Å². The normalized spacial score (nSPS) is 17.1. The summed E-state index contributed by atoms with van der Waals surface area (Å²) in [6.07, 6.45) is 5.65. The Morgan fingerprint density at radius 2 is 2.12 bits per heavy atom. The summed E-state index contributed by atoms with van der Waals surface area (Å²) in [6.45, 7) is 3.66. The zero-order valence-corrected chi connectivity index (χ0v) is 10.4. The number of nitrogens with one attached hydrogen (secondary N) is 2. The van der Waals surface area contributed by atoms with E-state index in [1.165, 1.54) is 0 Å². The first kappa shape index (κ1) is 13.5. The molecule has 0 heterocycles. The third-order valence-corrected chi connectivity index (χ3v) is 2.79. The predicted molar refractivity (Wildman–Crippen MR) is 64.4 cm³/mol. The minimum Gasteiger partial charge on any atom is -0.385 e. The highest BCUT2D eigenvalue weighted by Crippen LogP contribution is 2.18. The fourth-order valence-electron chi connectivity index (χ4n) is 1.51. The number of rotatable bonds is 9. The summed E-state index contributed by atoms with van der Waals surface area (Å²) in [6, 6.07) is 0.390. The van der Waals surface area contributed by atoms with Crippen molar-refractivity contribution >= 4 is 5.91 Å². The number of ether oxygens (including phenoxy) is 1. The molecule has 0 spiro atoms. The lowest BCUT2D eigenvalue weighted by atomic mass is 10.2. The van der Waals surface area contributed by atoms with E-state index < -0.39 is 0 Å². The zero-order valence-electron chi connectivity index (χ0n) is 10.4. The molecule has 1 aliphatic rings. The van der Waals surface area contributed by atoms with Crippen molar-refractivity contribution in [2.45, 2.75) is 51.1 Å². The molecule has 0 bridgehead atoms. The van der Waals surface area contributed by atoms with Gasteiger partial charge in [0, 0.05) is 19.8 Å². The number of methoxy groups -OCH3 is 1. The molecule has 2 N–H and O–H groups in total. The Labute approximate surface area is 98.1 Å². The van der Waals surface area contributed by atoms with Gasteiger partial charge in [0.15, 0.2) is 0 Å². The van der Waals surface area contributed by atoms with Crippen molar-refractivity contribution in [2.24, 2.45) is 0 Å². The summed E-state index contributed by atoms with van der Waals surface area (Å²) in [5.41, 5.74) is 0. The standard InChI is InChI=1S/C12H24N2O2/c1-10(12(15)14-11-6-7-11)13-8-4-3-5-9-16-2/h10-11,13H,3-9H2,1-2H3,(H,14,15). The molecule has 0 aromatic heterocycles. The summed E-state index contributed by atoms with van der Waals surface area (Å²) < 4.78 is 4.97. The number of hydrogen-bond donors (Lipinski definition) is 2. The van der Waals surface area contributed by atoms with Gasteiger partial charge in [0.1, 0.15) is 0 Å². The Kier molecular flexibility index (Phi) is 6.42. The van der Waals surface area contributed by atoms with E-state index in [9.17, 15) is 4.79 Å². The van der Waals surface area contributed by atoms with Crippen LogP contribution >= 0.6 is 0 Å². The van der Waals surface area contributed by atoms with Crippen LogP contribution < -0.4 is 10.6 Å². The van der Waals surface area contributed by atoms with Crippen LogP contribution in [0.4, 0.5) is 0 Å². The van der Waals surface area contributed by atoms with Gasteiger partial charge in [-0.2, -0.15) is 0 Å². The van der Waals surface area contributed by atoms with Crippen LogP contribution in [-0.4, -0.2) is 38.3 Å². The van der Waals surface area contributed by atoms with E-state index in [-0.39, 0.29) is 11.9 Å². The largest absolute Gasteiger partial charge is 0.385 e. The molecule has 1 unspecified atom stereocenters. The highest BCUT2D eigenvalue weighted by atomic mass is 16.5. The number of carbonyl (C=O) groups is 1. The van der Waals surface area contributed by atoms with E-state index in [0.717, 1.165) is 45.3 Å². The Hall–Kier alpha value is -0.610. The van der Waals surface area contributed by atoms with Gasteiger partial charge in [-0.25, -0.2) is 0 Å². The van der Waals surface area contributed by atoms with Crippen molar-refractivity contribution in [1.82, 2.24) is 10.6 Å². The molecule has 0 aliphatic heterocycles. The highest BCUT2D eigenvalue weighted by Gasteiger charge is 2.25. The van der Waals surface area contributed by atoms with Crippen LogP contribution in [0.25, 0.3) is 0 Å². The van der Waals surface area contributed by atoms with Crippen molar-refractivity contribution in [3.63, 3.8) is 0 Å². The molecule has 1 amide bonds. The van der Waals surface area contributed by atoms with Crippen molar-refractivity contribution in [2.75, 3.05) is 20.3 Å². The van der Waals surface area contributed by atoms with E-state index >= 15 is 0 Å². The summed E-state index contributed by atoms with van der Waals surface area (Å²) >= 11 is 0. The summed E-state index contributed by atoms with van der Waals surface area (Å²) in [5, 5.41) is 6.23. The monoisotopic (exact) mass is 228 g/mol. The van der Waals surface area contributed by atoms with Gasteiger partial charge in [0.2, 0.25) is 5.91 Å². The number of hydrogen-bond acceptors (Lipinski definition) is 3. The number of carbonyl (C=O) groups excluding carboxylic acids is 1. The second-order valence-corrected chi connectivity index (χ2v) is 4.51. The minimum atomic E-state index is -0.0666. The molecule has 0 aromatic rings. The Bertz CT molecular complexity index is 205. The van der Waals surface area contributed by atoms with Crippen LogP contribution in [0.2, 0.25) is 0 Å². The second kappa shape index (κ2) is 7.63. The number of amides is 1. The topological polar surface area (TPSA) is 50.4 Å². The molecular weight excluding hydrogens is 204 g/mol. The first-order valence-electron chi connectivity index (χ1n) is 6.26. The van der Waals surface area contributed by atoms with Gasteiger partial charge in [-0.05, 0) is 45.6 Å². The van der Waals surface area contributed by atoms with Crippen LogP contribution in [-0.2, 0) is 9.53 Å². The van der Waals surface area contributed by atoms with E-state index in [2.05, 4.69) is 10.6 Å². The molecule has 0 radical (unpaired) electrons. The predicted octanol–water partition coefficient (Wildman–Crippen LogP) is 1.06. The lowest BCUT2D eigenvalue weighted by molar-refractivity contribution is -0.122. The Morgan fingerprint density at radius 1 is 1.38 bits per heavy atom. The Balaban J connectivity index is 1.92. The molecule has 1 atom stereocenters. The molecule has 1 aliphatic carbocycles. The molecule has 1 fully saturated rings. The highest BCUT2D eigenvalue weighted by molar-refractivity contribution is 5.81. The fourth-order valence-corrected chi connectivity index (χ4v) is 1.51. The maximum Gasteiger partial charge on any atom is 0.237 e. The van der Waals surface area contributed by atoms with Gasteiger partial charge in [-0.3, -0.25) is 4.79 Å². The van der Waals surface area contributed by atoms with Crippen LogP contribution in [0, 0.1) is 0 Å². The van der Waals surface area contributed by atoms with Crippen molar-refractivity contribution in [1.29, 1.82) is 0 Å². The van der Waals surface area contributed by atoms with Gasteiger partial charge >= 0.3 is 0 Å². The van der Waals surface area contributed by atoms with Crippen LogP contribution in [0.5, 0.6) is 0 Å². The van der Waals surface area contributed by atoms with E-state index in [0.29, 0.717) is 6.04 Å². The average Bonchev–Trinajstić information content (AvgIpc) is 3.06. The summed E-state index contributed by atoms with van der Waals surface area (Å²) in [4.78, 5) is 11.6. The molecular formula is C12H24N2O2. The second-order valence-electron chi connectivity index (χ2n) is 4.51. The average molecular weight is 228 g/mol. The first-order valence-corrected chi connectivity index (χ1v) is 6.26. The smallest absolute Gasteiger partial charge is 0.237 e. The van der Waals surface area contributed by atoms with Crippen molar-refractivity contribution in [3.8, 4) is 0 Å². The van der Waals surface area contributed by atoms with E-state index in [1.54, 1.807) is 7.11 Å². The molecule has 4 nitrogen and oxygen atoms in total. The molecule has 4 heteroatoms. The quantitative estimate of drug-likeness (QED) is 0.580. The molecule has 16 heavy (non-hydrogen) atoms. The van der Waals surface area contributed by atoms with Crippen LogP contribution in [0.15, 0.2) is 0 Å². The SMILES string of the molecule is COCCCCCNC(C)C(=O)NC1CC1. The van der Waals surface area contributed by atoms with Crippen LogP contribution in [0.3, 0.4) is 0 Å². The zero-order chi connectivity index (χ0) is 11.8. The fraction of sp³-hybridized carbons (Fsp3) is 0.917. The maximum absolute atomic E-state index is 11.6. The molecule has 0 aromatic carbocycles. The minimum absolute atomic E-state index is 0.0666. The van der Waals surface area contributed by atoms with Gasteiger partial charge in [-0.15, -0.1) is 0 Å². The van der Waals surface area contributed by atoms with Gasteiger partial charge < -0.3 is 15.4 Å². The maximum atomic E-state index is 11.6. The van der Waals surface area contributed by atoms with Crippen molar-refractivity contribution < 1.29 is 9.53 Å². The van der Waals surface area contributed by atoms with E-state index in [4.69, 9.17) is 4.74 Å². The third kappa shape index (κ3) is 6.08. The molecule has 94 valence electrons. The van der Waals surface area contributed by atoms with E-state index in [1.807, 2.05) is 6.92 Å². The molecule has 1 saturated carbocycles. The van der Waals surface area contributed by atoms with Gasteiger partial charge in [-0.1, -0.05) is 0 Å². The Morgan fingerprint density at radius 3 is 2.75 bits per heavy atom. The summed E-state index contributed by atoms with van der Waals surface area (Å²) in [7, 11) is 1.72. The van der Waals surface area contributed by atoms with Crippen molar-refractivity contribution in [3.05, 3.63) is 0 Å². The summed E-state index contributed by atoms with van der Waals surface area (Å²) in [5.74, 6) is 0.138. The first-order chi connectivity index (χ1) is 7.74. The number of unbranched alkanes of at least 4 members (excludes halogenated alkanes) is 2. The molecule has 0 saturated heterocycles. The lowest BCUT2D eigenvalue weighted by Crippen LogP contribution is -2.43. The van der Waals surface area contributed by atoms with Gasteiger partial charge in [0.25, 0.3) is 0 Å². The lowest BCUT2D eigenvalue weighted by Gasteiger charge is -2.13. The third-order valence-electron chi connectivity index (χ3n) is 2.79.